The van der Waals surface area contributed by atoms with Crippen LogP contribution in [0.2, 0.25) is 0 Å². The first-order chi connectivity index (χ1) is 8.26. The molecule has 2 aliphatic rings. The lowest BCUT2D eigenvalue weighted by Gasteiger charge is -2.32. The number of nitriles is 1. The molecule has 2 bridgehead atoms. The van der Waals surface area contributed by atoms with Crippen molar-refractivity contribution in [2.24, 2.45) is 5.92 Å². The molecule has 1 N–H and O–H groups in total. The van der Waals surface area contributed by atoms with Gasteiger partial charge in [0, 0.05) is 25.7 Å². The molecular formula is C12H13FN4. The third kappa shape index (κ3) is 1.85. The Labute approximate surface area is 99.1 Å². The van der Waals surface area contributed by atoms with Crippen LogP contribution in [0.15, 0.2) is 12.3 Å². The molecule has 2 fully saturated rings. The van der Waals surface area contributed by atoms with Gasteiger partial charge in [0.05, 0.1) is 11.9 Å². The van der Waals surface area contributed by atoms with Crippen LogP contribution in [0.25, 0.3) is 0 Å². The Morgan fingerprint density at radius 2 is 2.41 bits per heavy atom. The van der Waals surface area contributed by atoms with E-state index in [0.29, 0.717) is 12.0 Å². The molecule has 5 heteroatoms. The predicted octanol–water partition coefficient (Wildman–Crippen LogP) is 0.890. The van der Waals surface area contributed by atoms with Crippen LogP contribution in [0.3, 0.4) is 0 Å². The van der Waals surface area contributed by atoms with Crippen molar-refractivity contribution >= 4 is 5.69 Å². The number of fused-ring (bicyclic) bond motifs is 2. The number of hydrogen-bond acceptors (Lipinski definition) is 4. The van der Waals surface area contributed by atoms with Crippen LogP contribution < -0.4 is 10.2 Å². The second-order valence-corrected chi connectivity index (χ2v) is 4.76. The van der Waals surface area contributed by atoms with Crippen molar-refractivity contribution in [3.8, 4) is 6.07 Å². The first-order valence-electron chi connectivity index (χ1n) is 5.80. The Kier molecular flexibility index (Phi) is 2.45. The highest BCUT2D eigenvalue weighted by atomic mass is 19.1. The molecule has 88 valence electrons. The Bertz CT molecular complexity index is 470. The zero-order valence-corrected chi connectivity index (χ0v) is 9.36. The molecule has 0 saturated carbocycles. The van der Waals surface area contributed by atoms with Crippen LogP contribution in [-0.4, -0.2) is 30.7 Å². The number of aromatic nitrogens is 1. The summed E-state index contributed by atoms with van der Waals surface area (Å²) in [7, 11) is 0. The molecule has 3 rings (SSSR count). The van der Waals surface area contributed by atoms with Gasteiger partial charge >= 0.3 is 0 Å². The average Bonchev–Trinajstić information content (AvgIpc) is 2.69. The lowest BCUT2D eigenvalue weighted by molar-refractivity contribution is 0.474. The number of hydrogen-bond donors (Lipinski definition) is 1. The first-order valence-corrected chi connectivity index (χ1v) is 5.80. The smallest absolute Gasteiger partial charge is 0.230 e. The number of rotatable bonds is 1. The van der Waals surface area contributed by atoms with Gasteiger partial charge in [-0.25, -0.2) is 4.98 Å². The van der Waals surface area contributed by atoms with Crippen molar-refractivity contribution < 1.29 is 4.39 Å². The molecule has 0 aromatic carbocycles. The van der Waals surface area contributed by atoms with E-state index in [1.807, 2.05) is 6.07 Å². The quantitative estimate of drug-likeness (QED) is 0.731. The molecule has 2 atom stereocenters. The molecule has 1 aromatic rings. The van der Waals surface area contributed by atoms with E-state index in [1.165, 1.54) is 12.6 Å². The van der Waals surface area contributed by atoms with E-state index in [1.54, 1.807) is 6.07 Å². The molecule has 4 nitrogen and oxygen atoms in total. The maximum Gasteiger partial charge on any atom is 0.230 e. The Balaban J connectivity index is 1.87. The molecule has 0 unspecified atom stereocenters. The van der Waals surface area contributed by atoms with Gasteiger partial charge in [0.1, 0.15) is 11.6 Å². The minimum absolute atomic E-state index is 0.0216. The van der Waals surface area contributed by atoms with Gasteiger partial charge in [-0.05, 0) is 18.4 Å². The molecule has 3 heterocycles. The van der Waals surface area contributed by atoms with Gasteiger partial charge in [0.25, 0.3) is 0 Å². The Morgan fingerprint density at radius 1 is 1.53 bits per heavy atom. The van der Waals surface area contributed by atoms with E-state index in [4.69, 9.17) is 5.26 Å². The van der Waals surface area contributed by atoms with Crippen molar-refractivity contribution in [3.63, 3.8) is 0 Å². The number of halogens is 1. The standard InChI is InChI=1S/C12H13FN4/c13-12-9(3-14)2-11(5-16-12)17-6-8-1-10(7-17)15-4-8/h2,5,8,10,15H,1,4,6-7H2/t8-,10-/m1/s1. The maximum absolute atomic E-state index is 13.1. The number of nitrogens with zero attached hydrogens (tertiary/aromatic N) is 3. The van der Waals surface area contributed by atoms with Gasteiger partial charge in [0.2, 0.25) is 5.95 Å². The maximum atomic E-state index is 13.1. The summed E-state index contributed by atoms with van der Waals surface area (Å²) in [6, 6.07) is 3.94. The molecule has 17 heavy (non-hydrogen) atoms. The summed E-state index contributed by atoms with van der Waals surface area (Å²) < 4.78 is 13.1. The minimum atomic E-state index is -0.686. The van der Waals surface area contributed by atoms with Crippen LogP contribution in [-0.2, 0) is 0 Å². The third-order valence-corrected chi connectivity index (χ3v) is 3.54. The second-order valence-electron chi connectivity index (χ2n) is 4.76. The summed E-state index contributed by atoms with van der Waals surface area (Å²) in [5.41, 5.74) is 0.870. The van der Waals surface area contributed by atoms with Gasteiger partial charge in [-0.3, -0.25) is 0 Å². The topological polar surface area (TPSA) is 52.0 Å². The van der Waals surface area contributed by atoms with Gasteiger partial charge < -0.3 is 10.2 Å². The predicted molar refractivity (Wildman–Crippen MR) is 61.0 cm³/mol. The highest BCUT2D eigenvalue weighted by molar-refractivity contribution is 5.50. The Hall–Kier alpha value is -1.67. The van der Waals surface area contributed by atoms with Crippen LogP contribution in [0, 0.1) is 23.2 Å². The fourth-order valence-corrected chi connectivity index (χ4v) is 2.73. The second kappa shape index (κ2) is 3.97. The summed E-state index contributed by atoms with van der Waals surface area (Å²) >= 11 is 0. The van der Waals surface area contributed by atoms with Gasteiger partial charge in [-0.1, -0.05) is 0 Å². The molecule has 1 aromatic heterocycles. The molecular weight excluding hydrogens is 219 g/mol. The van der Waals surface area contributed by atoms with E-state index in [2.05, 4.69) is 15.2 Å². The largest absolute Gasteiger partial charge is 0.368 e. The number of nitrogens with one attached hydrogen (secondary N) is 1. The van der Waals surface area contributed by atoms with Crippen LogP contribution in [0.5, 0.6) is 0 Å². The van der Waals surface area contributed by atoms with Crippen LogP contribution in [0.1, 0.15) is 12.0 Å². The van der Waals surface area contributed by atoms with Crippen LogP contribution >= 0.6 is 0 Å². The average molecular weight is 232 g/mol. The molecule has 2 aliphatic heterocycles. The summed E-state index contributed by atoms with van der Waals surface area (Å²) in [4.78, 5) is 5.83. The third-order valence-electron chi connectivity index (χ3n) is 3.54. The molecule has 0 amide bonds. The summed E-state index contributed by atoms with van der Waals surface area (Å²) in [5.74, 6) is -0.0290. The van der Waals surface area contributed by atoms with Crippen molar-refractivity contribution in [2.45, 2.75) is 12.5 Å². The molecule has 0 radical (unpaired) electrons. The fraction of sp³-hybridized carbons (Fsp3) is 0.500. The van der Waals surface area contributed by atoms with Crippen molar-refractivity contribution in [1.29, 1.82) is 5.26 Å². The molecule has 0 spiro atoms. The molecule has 0 aliphatic carbocycles. The zero-order valence-electron chi connectivity index (χ0n) is 9.36. The lowest BCUT2D eigenvalue weighted by Crippen LogP contribution is -2.41. The molecule has 2 saturated heterocycles. The van der Waals surface area contributed by atoms with Crippen molar-refractivity contribution in [1.82, 2.24) is 10.3 Å². The van der Waals surface area contributed by atoms with Crippen LogP contribution in [0.4, 0.5) is 10.1 Å². The normalized spacial score (nSPS) is 26.9. The summed E-state index contributed by atoms with van der Waals surface area (Å²) in [6.07, 6.45) is 2.73. The summed E-state index contributed by atoms with van der Waals surface area (Å²) in [6.45, 7) is 2.93. The van der Waals surface area contributed by atoms with E-state index < -0.39 is 5.95 Å². The highest BCUT2D eigenvalue weighted by Gasteiger charge is 2.32. The number of piperidine rings is 1. The number of pyridine rings is 1. The van der Waals surface area contributed by atoms with Gasteiger partial charge in [0.15, 0.2) is 0 Å². The lowest BCUT2D eigenvalue weighted by atomic mass is 9.99. The van der Waals surface area contributed by atoms with E-state index in [0.717, 1.165) is 25.3 Å². The SMILES string of the molecule is N#Cc1cc(N2C[C@H]3CN[C@H](C3)C2)cnc1F. The zero-order chi connectivity index (χ0) is 11.8. The van der Waals surface area contributed by atoms with Gasteiger partial charge in [-0.15, -0.1) is 0 Å². The van der Waals surface area contributed by atoms with E-state index in [9.17, 15) is 4.39 Å². The highest BCUT2D eigenvalue weighted by Crippen LogP contribution is 2.27. The van der Waals surface area contributed by atoms with E-state index in [-0.39, 0.29) is 5.56 Å². The fourth-order valence-electron chi connectivity index (χ4n) is 2.73. The Morgan fingerprint density at radius 3 is 3.18 bits per heavy atom. The van der Waals surface area contributed by atoms with Crippen molar-refractivity contribution in [2.75, 3.05) is 24.5 Å². The van der Waals surface area contributed by atoms with Gasteiger partial charge in [-0.2, -0.15) is 9.65 Å². The van der Waals surface area contributed by atoms with Crippen molar-refractivity contribution in [3.05, 3.63) is 23.8 Å². The minimum Gasteiger partial charge on any atom is -0.368 e. The number of anilines is 1. The first kappa shape index (κ1) is 10.5. The summed E-state index contributed by atoms with van der Waals surface area (Å²) in [5, 5.41) is 12.3. The monoisotopic (exact) mass is 232 g/mol. The van der Waals surface area contributed by atoms with E-state index >= 15 is 0 Å².